The van der Waals surface area contributed by atoms with E-state index in [1.807, 2.05) is 0 Å². The SMILES string of the molecule is CC1(C(=O)O)CCN(C(=O)N2CCNC(=O)CC2)C1. The molecule has 19 heavy (non-hydrogen) atoms. The number of nitrogens with one attached hydrogen (secondary N) is 1. The van der Waals surface area contributed by atoms with Crippen molar-refractivity contribution >= 4 is 17.9 Å². The van der Waals surface area contributed by atoms with Gasteiger partial charge >= 0.3 is 12.0 Å². The van der Waals surface area contributed by atoms with Crippen molar-refractivity contribution in [2.45, 2.75) is 19.8 Å². The number of nitrogens with zero attached hydrogens (tertiary/aromatic N) is 2. The molecular formula is C12H19N3O4. The summed E-state index contributed by atoms with van der Waals surface area (Å²) < 4.78 is 0. The van der Waals surface area contributed by atoms with Crippen molar-refractivity contribution in [3.63, 3.8) is 0 Å². The molecule has 2 fully saturated rings. The number of likely N-dealkylation sites (tertiary alicyclic amines) is 1. The number of amides is 3. The second-order valence-corrected chi connectivity index (χ2v) is 5.41. The molecule has 0 spiro atoms. The standard InChI is InChI=1S/C12H19N3O4/c1-12(10(17)18)3-6-15(8-12)11(19)14-5-2-9(16)13-4-7-14/h2-8H2,1H3,(H,13,16)(H,17,18). The summed E-state index contributed by atoms with van der Waals surface area (Å²) in [5, 5.41) is 11.9. The van der Waals surface area contributed by atoms with Gasteiger partial charge in [0, 0.05) is 39.1 Å². The molecule has 2 aliphatic heterocycles. The van der Waals surface area contributed by atoms with E-state index in [1.54, 1.807) is 16.7 Å². The molecule has 0 radical (unpaired) electrons. The summed E-state index contributed by atoms with van der Waals surface area (Å²) in [6.07, 6.45) is 0.773. The number of aliphatic carboxylic acids is 1. The third-order valence-corrected chi connectivity index (χ3v) is 3.84. The molecule has 3 amide bonds. The van der Waals surface area contributed by atoms with E-state index in [0.717, 1.165) is 0 Å². The maximum Gasteiger partial charge on any atom is 0.320 e. The molecule has 0 aliphatic carbocycles. The quantitative estimate of drug-likeness (QED) is 0.685. The Morgan fingerprint density at radius 2 is 2.00 bits per heavy atom. The minimum Gasteiger partial charge on any atom is -0.481 e. The minimum absolute atomic E-state index is 0.0490. The molecule has 0 saturated carbocycles. The van der Waals surface area contributed by atoms with E-state index in [9.17, 15) is 14.4 Å². The highest BCUT2D eigenvalue weighted by molar-refractivity contribution is 5.81. The maximum atomic E-state index is 12.3. The van der Waals surface area contributed by atoms with Crippen molar-refractivity contribution in [3.05, 3.63) is 0 Å². The fourth-order valence-electron chi connectivity index (χ4n) is 2.46. The third-order valence-electron chi connectivity index (χ3n) is 3.84. The summed E-state index contributed by atoms with van der Waals surface area (Å²) >= 11 is 0. The van der Waals surface area contributed by atoms with Crippen LogP contribution >= 0.6 is 0 Å². The molecule has 0 bridgehead atoms. The molecule has 1 atom stereocenters. The van der Waals surface area contributed by atoms with Gasteiger partial charge in [-0.15, -0.1) is 0 Å². The van der Waals surface area contributed by atoms with Gasteiger partial charge in [-0.1, -0.05) is 0 Å². The molecular weight excluding hydrogens is 250 g/mol. The smallest absolute Gasteiger partial charge is 0.320 e. The van der Waals surface area contributed by atoms with Crippen LogP contribution in [0.2, 0.25) is 0 Å². The molecule has 7 heteroatoms. The molecule has 0 aromatic carbocycles. The van der Waals surface area contributed by atoms with E-state index in [-0.39, 0.29) is 18.5 Å². The van der Waals surface area contributed by atoms with E-state index in [2.05, 4.69) is 5.32 Å². The lowest BCUT2D eigenvalue weighted by molar-refractivity contribution is -0.147. The van der Waals surface area contributed by atoms with Crippen LogP contribution in [0.15, 0.2) is 0 Å². The van der Waals surface area contributed by atoms with Gasteiger partial charge in [-0.2, -0.15) is 0 Å². The number of carboxylic acids is 1. The number of hydrogen-bond acceptors (Lipinski definition) is 3. The monoisotopic (exact) mass is 269 g/mol. The van der Waals surface area contributed by atoms with Crippen LogP contribution in [0.1, 0.15) is 19.8 Å². The molecule has 2 N–H and O–H groups in total. The van der Waals surface area contributed by atoms with Crippen molar-refractivity contribution in [1.82, 2.24) is 15.1 Å². The second-order valence-electron chi connectivity index (χ2n) is 5.41. The van der Waals surface area contributed by atoms with Crippen LogP contribution in [-0.4, -0.2) is 65.5 Å². The Bertz CT molecular complexity index is 412. The number of carbonyl (C=O) groups excluding carboxylic acids is 2. The Balaban J connectivity index is 1.97. The summed E-state index contributed by atoms with van der Waals surface area (Å²) in [5.41, 5.74) is -0.852. The number of carboxylic acid groups (broad SMARTS) is 1. The maximum absolute atomic E-state index is 12.3. The Hall–Kier alpha value is -1.79. The molecule has 2 rings (SSSR count). The third kappa shape index (κ3) is 2.80. The van der Waals surface area contributed by atoms with E-state index >= 15 is 0 Å². The first-order valence-electron chi connectivity index (χ1n) is 6.46. The summed E-state index contributed by atoms with van der Waals surface area (Å²) in [5.74, 6) is -0.914. The van der Waals surface area contributed by atoms with Crippen molar-refractivity contribution in [2.75, 3.05) is 32.7 Å². The first-order valence-corrected chi connectivity index (χ1v) is 6.46. The van der Waals surface area contributed by atoms with Gasteiger partial charge in [0.15, 0.2) is 0 Å². The van der Waals surface area contributed by atoms with Crippen LogP contribution in [0, 0.1) is 5.41 Å². The van der Waals surface area contributed by atoms with Crippen LogP contribution in [0.25, 0.3) is 0 Å². The zero-order chi connectivity index (χ0) is 14.0. The largest absolute Gasteiger partial charge is 0.481 e. The number of hydrogen-bond donors (Lipinski definition) is 2. The lowest BCUT2D eigenvalue weighted by atomic mass is 9.90. The molecule has 0 aromatic rings. The van der Waals surface area contributed by atoms with Crippen molar-refractivity contribution in [2.24, 2.45) is 5.41 Å². The van der Waals surface area contributed by atoms with Gasteiger partial charge in [-0.05, 0) is 13.3 Å². The normalized spacial score (nSPS) is 27.9. The molecule has 0 aromatic heterocycles. The van der Waals surface area contributed by atoms with E-state index in [4.69, 9.17) is 5.11 Å². The fraction of sp³-hybridized carbons (Fsp3) is 0.750. The van der Waals surface area contributed by atoms with Crippen LogP contribution in [-0.2, 0) is 9.59 Å². The zero-order valence-electron chi connectivity index (χ0n) is 11.0. The average molecular weight is 269 g/mol. The zero-order valence-corrected chi connectivity index (χ0v) is 11.0. The van der Waals surface area contributed by atoms with Crippen molar-refractivity contribution in [3.8, 4) is 0 Å². The highest BCUT2D eigenvalue weighted by Crippen LogP contribution is 2.30. The second kappa shape index (κ2) is 5.07. The molecule has 2 saturated heterocycles. The van der Waals surface area contributed by atoms with E-state index in [1.165, 1.54) is 0 Å². The molecule has 2 heterocycles. The summed E-state index contributed by atoms with van der Waals surface area (Å²) in [7, 11) is 0. The highest BCUT2D eigenvalue weighted by Gasteiger charge is 2.43. The lowest BCUT2D eigenvalue weighted by Gasteiger charge is -2.27. The lowest BCUT2D eigenvalue weighted by Crippen LogP contribution is -2.44. The van der Waals surface area contributed by atoms with E-state index < -0.39 is 11.4 Å². The molecule has 7 nitrogen and oxygen atoms in total. The average Bonchev–Trinajstić information content (AvgIpc) is 2.64. The van der Waals surface area contributed by atoms with Gasteiger partial charge in [0.05, 0.1) is 5.41 Å². The van der Waals surface area contributed by atoms with Crippen LogP contribution < -0.4 is 5.32 Å². The first-order chi connectivity index (χ1) is 8.92. The Labute approximate surface area is 111 Å². The predicted octanol–water partition coefficient (Wildman–Crippen LogP) is -0.275. The Morgan fingerprint density at radius 1 is 1.26 bits per heavy atom. The van der Waals surface area contributed by atoms with Crippen LogP contribution in [0.4, 0.5) is 4.79 Å². The van der Waals surface area contributed by atoms with Gasteiger partial charge < -0.3 is 20.2 Å². The van der Waals surface area contributed by atoms with Gasteiger partial charge in [-0.25, -0.2) is 4.79 Å². The molecule has 2 aliphatic rings. The van der Waals surface area contributed by atoms with Crippen molar-refractivity contribution < 1.29 is 19.5 Å². The van der Waals surface area contributed by atoms with Crippen LogP contribution in [0.5, 0.6) is 0 Å². The van der Waals surface area contributed by atoms with Crippen molar-refractivity contribution in [1.29, 1.82) is 0 Å². The Morgan fingerprint density at radius 3 is 2.63 bits per heavy atom. The predicted molar refractivity (Wildman–Crippen MR) is 66.5 cm³/mol. The summed E-state index contributed by atoms with van der Waals surface area (Å²) in [6, 6.07) is -0.165. The summed E-state index contributed by atoms with van der Waals surface area (Å²) in [4.78, 5) is 37.9. The fourth-order valence-corrected chi connectivity index (χ4v) is 2.46. The minimum atomic E-state index is -0.865. The van der Waals surface area contributed by atoms with Gasteiger partial charge in [0.1, 0.15) is 0 Å². The Kier molecular flexibility index (Phi) is 3.64. The van der Waals surface area contributed by atoms with Crippen LogP contribution in [0.3, 0.4) is 0 Å². The molecule has 1 unspecified atom stereocenters. The van der Waals surface area contributed by atoms with Gasteiger partial charge in [0.2, 0.25) is 5.91 Å². The topological polar surface area (TPSA) is 89.9 Å². The highest BCUT2D eigenvalue weighted by atomic mass is 16.4. The van der Waals surface area contributed by atoms with Gasteiger partial charge in [-0.3, -0.25) is 9.59 Å². The van der Waals surface area contributed by atoms with E-state index in [0.29, 0.717) is 39.0 Å². The number of carbonyl (C=O) groups is 3. The van der Waals surface area contributed by atoms with Gasteiger partial charge in [0.25, 0.3) is 0 Å². The number of urea groups is 1. The number of rotatable bonds is 1. The summed E-state index contributed by atoms with van der Waals surface area (Å²) in [6.45, 7) is 3.68. The molecule has 106 valence electrons. The first kappa shape index (κ1) is 13.6.